The van der Waals surface area contributed by atoms with E-state index in [0.717, 1.165) is 22.2 Å². The van der Waals surface area contributed by atoms with Gasteiger partial charge in [-0.25, -0.2) is 0 Å². The lowest BCUT2D eigenvalue weighted by Gasteiger charge is -2.06. The Morgan fingerprint density at radius 3 is 2.86 bits per heavy atom. The number of carbonyl (C=O) groups is 1. The van der Waals surface area contributed by atoms with Crippen molar-refractivity contribution in [2.75, 3.05) is 6.61 Å². The third-order valence-corrected chi connectivity index (χ3v) is 3.57. The van der Waals surface area contributed by atoms with Crippen molar-refractivity contribution in [3.05, 3.63) is 51.8 Å². The first-order valence-electron chi connectivity index (χ1n) is 6.89. The Kier molecular flexibility index (Phi) is 3.25. The van der Waals surface area contributed by atoms with E-state index in [1.54, 1.807) is 11.3 Å². The number of fused-ring (bicyclic) bond motifs is 3. The van der Waals surface area contributed by atoms with E-state index in [0.29, 0.717) is 12.2 Å². The van der Waals surface area contributed by atoms with Crippen molar-refractivity contribution in [3.8, 4) is 0 Å². The summed E-state index contributed by atoms with van der Waals surface area (Å²) in [6, 6.07) is 9.48. The maximum absolute atomic E-state index is 12.7. The quantitative estimate of drug-likeness (QED) is 0.750. The lowest BCUT2D eigenvalue weighted by atomic mass is 10.1. The van der Waals surface area contributed by atoms with Gasteiger partial charge in [-0.15, -0.1) is 0 Å². The third kappa shape index (κ3) is 2.20. The van der Waals surface area contributed by atoms with Crippen LogP contribution in [-0.4, -0.2) is 22.0 Å². The molecule has 0 atom stereocenters. The highest BCUT2D eigenvalue weighted by Crippen LogP contribution is 2.16. The zero-order chi connectivity index (χ0) is 15.0. The number of H-pyrrole nitrogens is 1. The summed E-state index contributed by atoms with van der Waals surface area (Å²) in [5.74, 6) is -0.377. The molecule has 108 valence electrons. The maximum atomic E-state index is 12.7. The number of esters is 1. The van der Waals surface area contributed by atoms with Gasteiger partial charge in [0.15, 0.2) is 0 Å². The monoisotopic (exact) mass is 284 g/mol. The van der Waals surface area contributed by atoms with Crippen LogP contribution in [0.1, 0.15) is 18.1 Å². The van der Waals surface area contributed by atoms with Gasteiger partial charge in [0.25, 0.3) is 5.56 Å². The second-order valence-corrected chi connectivity index (χ2v) is 4.96. The molecular weight excluding hydrogens is 268 g/mol. The van der Waals surface area contributed by atoms with E-state index in [1.807, 2.05) is 37.3 Å². The molecule has 5 heteroatoms. The number of ether oxygens (including phenoxy) is 1. The van der Waals surface area contributed by atoms with Crippen LogP contribution in [0.25, 0.3) is 16.7 Å². The Morgan fingerprint density at radius 2 is 2.10 bits per heavy atom. The summed E-state index contributed by atoms with van der Waals surface area (Å²) in [7, 11) is 0. The summed E-state index contributed by atoms with van der Waals surface area (Å²) in [6.45, 7) is 3.90. The Hall–Kier alpha value is -2.56. The van der Waals surface area contributed by atoms with E-state index in [-0.39, 0.29) is 17.9 Å². The topological polar surface area (TPSA) is 63.6 Å². The van der Waals surface area contributed by atoms with Crippen molar-refractivity contribution >= 4 is 22.6 Å². The molecule has 0 unspecified atom stereocenters. The average molecular weight is 284 g/mol. The second kappa shape index (κ2) is 5.09. The number of rotatable bonds is 3. The number of imidazole rings is 1. The molecule has 0 bridgehead atoms. The number of nitrogens with one attached hydrogen (secondary N) is 1. The standard InChI is InChI=1S/C16H16N2O3/c1-3-21-15(19)9-11-10(2)8-14-17-12-6-4-5-7-13(12)18(14)16(11)20/h4-8,17H,3,9H2,1-2H3. The van der Waals surface area contributed by atoms with Gasteiger partial charge in [-0.3, -0.25) is 14.0 Å². The lowest BCUT2D eigenvalue weighted by molar-refractivity contribution is -0.142. The summed E-state index contributed by atoms with van der Waals surface area (Å²) >= 11 is 0. The van der Waals surface area contributed by atoms with Gasteiger partial charge < -0.3 is 9.72 Å². The average Bonchev–Trinajstić information content (AvgIpc) is 2.81. The summed E-state index contributed by atoms with van der Waals surface area (Å²) in [5, 5.41) is 0. The van der Waals surface area contributed by atoms with E-state index >= 15 is 0 Å². The summed E-state index contributed by atoms with van der Waals surface area (Å²) in [4.78, 5) is 27.6. The number of para-hydroxylation sites is 2. The fourth-order valence-corrected chi connectivity index (χ4v) is 2.58. The molecule has 1 aromatic carbocycles. The van der Waals surface area contributed by atoms with Crippen LogP contribution >= 0.6 is 0 Å². The largest absolute Gasteiger partial charge is 0.466 e. The number of aromatic nitrogens is 2. The normalized spacial score (nSPS) is 11.1. The molecule has 2 aromatic heterocycles. The van der Waals surface area contributed by atoms with Crippen LogP contribution in [0.15, 0.2) is 35.1 Å². The molecule has 5 nitrogen and oxygen atoms in total. The highest BCUT2D eigenvalue weighted by atomic mass is 16.5. The van der Waals surface area contributed by atoms with Crippen molar-refractivity contribution in [2.45, 2.75) is 20.3 Å². The number of nitrogens with zero attached hydrogens (tertiary/aromatic N) is 1. The minimum atomic E-state index is -0.377. The molecule has 3 aromatic rings. The molecule has 0 saturated carbocycles. The van der Waals surface area contributed by atoms with Gasteiger partial charge in [0, 0.05) is 5.56 Å². The van der Waals surface area contributed by atoms with Gasteiger partial charge in [-0.2, -0.15) is 0 Å². The van der Waals surface area contributed by atoms with Crippen LogP contribution in [0.2, 0.25) is 0 Å². The molecule has 2 heterocycles. The third-order valence-electron chi connectivity index (χ3n) is 3.57. The van der Waals surface area contributed by atoms with Crippen molar-refractivity contribution in [3.63, 3.8) is 0 Å². The van der Waals surface area contributed by atoms with Crippen LogP contribution in [0, 0.1) is 6.92 Å². The first-order valence-corrected chi connectivity index (χ1v) is 6.89. The fraction of sp³-hybridized carbons (Fsp3) is 0.250. The summed E-state index contributed by atoms with van der Waals surface area (Å²) in [5.41, 5.74) is 3.53. The van der Waals surface area contributed by atoms with Crippen molar-refractivity contribution in [1.82, 2.24) is 9.38 Å². The molecule has 0 aliphatic heterocycles. The zero-order valence-corrected chi connectivity index (χ0v) is 12.0. The zero-order valence-electron chi connectivity index (χ0n) is 12.0. The Morgan fingerprint density at radius 1 is 1.33 bits per heavy atom. The van der Waals surface area contributed by atoms with E-state index in [1.165, 1.54) is 0 Å². The molecule has 0 saturated heterocycles. The number of hydrogen-bond acceptors (Lipinski definition) is 3. The van der Waals surface area contributed by atoms with Crippen LogP contribution in [0.3, 0.4) is 0 Å². The lowest BCUT2D eigenvalue weighted by Crippen LogP contribution is -2.22. The van der Waals surface area contributed by atoms with Crippen LogP contribution in [0.5, 0.6) is 0 Å². The van der Waals surface area contributed by atoms with Crippen molar-refractivity contribution in [2.24, 2.45) is 0 Å². The van der Waals surface area contributed by atoms with Crippen molar-refractivity contribution < 1.29 is 9.53 Å². The molecule has 1 N–H and O–H groups in total. The molecular formula is C16H16N2O3. The highest BCUT2D eigenvalue weighted by Gasteiger charge is 2.15. The number of pyridine rings is 1. The Bertz CT molecular complexity index is 890. The SMILES string of the molecule is CCOC(=O)Cc1c(C)cc2[nH]c3ccccc3n2c1=O. The number of benzene rings is 1. The summed E-state index contributed by atoms with van der Waals surface area (Å²) in [6.07, 6.45) is 0.000946. The predicted molar refractivity (Wildman–Crippen MR) is 80.6 cm³/mol. The van der Waals surface area contributed by atoms with Crippen LogP contribution < -0.4 is 5.56 Å². The van der Waals surface area contributed by atoms with E-state index in [9.17, 15) is 9.59 Å². The molecule has 21 heavy (non-hydrogen) atoms. The summed E-state index contributed by atoms with van der Waals surface area (Å²) < 4.78 is 6.55. The van der Waals surface area contributed by atoms with Gasteiger partial charge in [0.05, 0.1) is 24.1 Å². The minimum absolute atomic E-state index is 0.000946. The van der Waals surface area contributed by atoms with E-state index in [2.05, 4.69) is 4.98 Å². The van der Waals surface area contributed by atoms with E-state index < -0.39 is 0 Å². The Balaban J connectivity index is 2.24. The fourth-order valence-electron chi connectivity index (χ4n) is 2.58. The number of carbonyl (C=O) groups excluding carboxylic acids is 1. The minimum Gasteiger partial charge on any atom is -0.466 e. The molecule has 0 aliphatic rings. The highest BCUT2D eigenvalue weighted by molar-refractivity contribution is 5.81. The predicted octanol–water partition coefficient (Wildman–Crippen LogP) is 2.19. The molecule has 0 aliphatic carbocycles. The van der Waals surface area contributed by atoms with Gasteiger partial charge in [-0.1, -0.05) is 12.1 Å². The molecule has 0 amide bonds. The maximum Gasteiger partial charge on any atom is 0.310 e. The smallest absolute Gasteiger partial charge is 0.310 e. The van der Waals surface area contributed by atoms with Gasteiger partial charge >= 0.3 is 5.97 Å². The molecule has 3 rings (SSSR count). The van der Waals surface area contributed by atoms with Gasteiger partial charge in [0.2, 0.25) is 0 Å². The first-order chi connectivity index (χ1) is 10.1. The second-order valence-electron chi connectivity index (χ2n) is 4.96. The molecule has 0 radical (unpaired) electrons. The van der Waals surface area contributed by atoms with E-state index in [4.69, 9.17) is 4.74 Å². The number of aryl methyl sites for hydroxylation is 1. The van der Waals surface area contributed by atoms with Crippen molar-refractivity contribution in [1.29, 1.82) is 0 Å². The van der Waals surface area contributed by atoms with Crippen LogP contribution in [0.4, 0.5) is 0 Å². The van der Waals surface area contributed by atoms with Gasteiger partial charge in [0.1, 0.15) is 5.65 Å². The van der Waals surface area contributed by atoms with Crippen LogP contribution in [-0.2, 0) is 16.0 Å². The number of hydrogen-bond donors (Lipinski definition) is 1. The number of aromatic amines is 1. The first kappa shape index (κ1) is 13.4. The Labute approximate surface area is 121 Å². The molecule has 0 fully saturated rings. The molecule has 0 spiro atoms. The van der Waals surface area contributed by atoms with Gasteiger partial charge in [-0.05, 0) is 37.6 Å².